The first-order chi connectivity index (χ1) is 14.4. The smallest absolute Gasteiger partial charge is 0.253 e. The van der Waals surface area contributed by atoms with E-state index in [4.69, 9.17) is 0 Å². The van der Waals surface area contributed by atoms with E-state index in [0.29, 0.717) is 5.56 Å². The van der Waals surface area contributed by atoms with Crippen LogP contribution in [0.4, 0.5) is 0 Å². The Morgan fingerprint density at radius 2 is 1.35 bits per heavy atom. The number of rotatable bonds is 5. The lowest BCUT2D eigenvalue weighted by atomic mass is 10.1. The molecular weight excluding hydrogens is 438 g/mol. The maximum Gasteiger partial charge on any atom is 0.253 e. The number of piperazine rings is 1. The van der Waals surface area contributed by atoms with Crippen LogP contribution < -0.4 is 0 Å². The second-order valence-electron chi connectivity index (χ2n) is 7.75. The Morgan fingerprint density at radius 3 is 1.87 bits per heavy atom. The van der Waals surface area contributed by atoms with Crippen LogP contribution in [0.3, 0.4) is 0 Å². The zero-order valence-electron chi connectivity index (χ0n) is 18.1. The van der Waals surface area contributed by atoms with Crippen LogP contribution >= 0.6 is 0 Å². The quantitative estimate of drug-likeness (QED) is 0.670. The van der Waals surface area contributed by atoms with Gasteiger partial charge in [0.15, 0.2) is 0 Å². The standard InChI is InChI=1S/C21H27N3O5S2/c1-16-5-8-20(15-17(16)2)31(28,29)24-13-11-23(12-14-24)21(25)18-6-9-19(10-7-18)30(26,27)22(3)4/h5-10,15H,11-14H2,1-4H3. The average molecular weight is 466 g/mol. The summed E-state index contributed by atoms with van der Waals surface area (Å²) in [6.45, 7) is 4.74. The van der Waals surface area contributed by atoms with Crippen molar-refractivity contribution in [3.8, 4) is 0 Å². The molecule has 1 saturated heterocycles. The van der Waals surface area contributed by atoms with Gasteiger partial charge in [-0.2, -0.15) is 4.31 Å². The molecule has 0 bridgehead atoms. The maximum atomic E-state index is 12.9. The number of hydrogen-bond donors (Lipinski definition) is 0. The van der Waals surface area contributed by atoms with Gasteiger partial charge in [0.25, 0.3) is 5.91 Å². The van der Waals surface area contributed by atoms with Crippen molar-refractivity contribution in [3.63, 3.8) is 0 Å². The number of hydrogen-bond acceptors (Lipinski definition) is 5. The van der Waals surface area contributed by atoms with Crippen molar-refractivity contribution in [2.24, 2.45) is 0 Å². The Bertz CT molecular complexity index is 1180. The molecule has 0 atom stereocenters. The van der Waals surface area contributed by atoms with Gasteiger partial charge in [-0.25, -0.2) is 21.1 Å². The van der Waals surface area contributed by atoms with E-state index in [2.05, 4.69) is 0 Å². The van der Waals surface area contributed by atoms with E-state index in [1.54, 1.807) is 23.1 Å². The zero-order chi connectivity index (χ0) is 23.0. The van der Waals surface area contributed by atoms with Gasteiger partial charge in [0, 0.05) is 45.8 Å². The average Bonchev–Trinajstić information content (AvgIpc) is 2.75. The molecule has 31 heavy (non-hydrogen) atoms. The molecule has 1 heterocycles. The van der Waals surface area contributed by atoms with Crippen molar-refractivity contribution in [3.05, 3.63) is 59.2 Å². The van der Waals surface area contributed by atoms with Gasteiger partial charge < -0.3 is 4.90 Å². The molecule has 0 unspecified atom stereocenters. The first kappa shape index (κ1) is 23.4. The molecule has 10 heteroatoms. The Balaban J connectivity index is 1.69. The largest absolute Gasteiger partial charge is 0.336 e. The topological polar surface area (TPSA) is 95.1 Å². The zero-order valence-corrected chi connectivity index (χ0v) is 19.7. The number of sulfonamides is 2. The van der Waals surface area contributed by atoms with E-state index in [1.165, 1.54) is 42.7 Å². The minimum atomic E-state index is -3.62. The molecule has 0 aromatic heterocycles. The SMILES string of the molecule is Cc1ccc(S(=O)(=O)N2CCN(C(=O)c3ccc(S(=O)(=O)N(C)C)cc3)CC2)cc1C. The molecule has 1 aliphatic heterocycles. The molecule has 0 saturated carbocycles. The van der Waals surface area contributed by atoms with Gasteiger partial charge in [0.05, 0.1) is 9.79 Å². The molecular formula is C21H27N3O5S2. The van der Waals surface area contributed by atoms with E-state index in [9.17, 15) is 21.6 Å². The van der Waals surface area contributed by atoms with Crippen molar-refractivity contribution >= 4 is 26.0 Å². The summed E-state index contributed by atoms with van der Waals surface area (Å²) in [5.41, 5.74) is 2.30. The Morgan fingerprint density at radius 1 is 0.806 bits per heavy atom. The van der Waals surface area contributed by atoms with Crippen LogP contribution in [0.5, 0.6) is 0 Å². The minimum Gasteiger partial charge on any atom is -0.336 e. The molecule has 0 spiro atoms. The summed E-state index contributed by atoms with van der Waals surface area (Å²) < 4.78 is 52.7. The fraction of sp³-hybridized carbons (Fsp3) is 0.381. The Hall–Kier alpha value is -2.27. The van der Waals surface area contributed by atoms with Crippen molar-refractivity contribution in [1.82, 2.24) is 13.5 Å². The summed E-state index contributed by atoms with van der Waals surface area (Å²) in [7, 11) is -4.30. The third kappa shape index (κ3) is 4.67. The van der Waals surface area contributed by atoms with E-state index < -0.39 is 20.0 Å². The van der Waals surface area contributed by atoms with Crippen LogP contribution in [0, 0.1) is 13.8 Å². The van der Waals surface area contributed by atoms with Crippen LogP contribution in [0.1, 0.15) is 21.5 Å². The Labute approximate surface area is 184 Å². The molecule has 0 radical (unpaired) electrons. The number of amides is 1. The number of benzene rings is 2. The summed E-state index contributed by atoms with van der Waals surface area (Å²) in [6, 6.07) is 10.9. The van der Waals surface area contributed by atoms with Gasteiger partial charge in [0.2, 0.25) is 20.0 Å². The molecule has 168 valence electrons. The molecule has 3 rings (SSSR count). The van der Waals surface area contributed by atoms with Gasteiger partial charge in [0.1, 0.15) is 0 Å². The second kappa shape index (κ2) is 8.70. The lowest BCUT2D eigenvalue weighted by Gasteiger charge is -2.34. The summed E-state index contributed by atoms with van der Waals surface area (Å²) in [5, 5.41) is 0. The van der Waals surface area contributed by atoms with E-state index in [-0.39, 0.29) is 41.9 Å². The number of carbonyl (C=O) groups excluding carboxylic acids is 1. The van der Waals surface area contributed by atoms with Crippen molar-refractivity contribution in [2.75, 3.05) is 40.3 Å². The molecule has 2 aromatic carbocycles. The summed E-state index contributed by atoms with van der Waals surface area (Å²) in [4.78, 5) is 14.8. The van der Waals surface area contributed by atoms with E-state index in [1.807, 2.05) is 13.8 Å². The first-order valence-corrected chi connectivity index (χ1v) is 12.7. The lowest BCUT2D eigenvalue weighted by molar-refractivity contribution is 0.0698. The van der Waals surface area contributed by atoms with E-state index >= 15 is 0 Å². The maximum absolute atomic E-state index is 12.9. The first-order valence-electron chi connectivity index (χ1n) is 9.84. The fourth-order valence-corrected chi connectivity index (χ4v) is 5.73. The number of aryl methyl sites for hydroxylation is 2. The predicted octanol–water partition coefficient (Wildman–Crippen LogP) is 1.70. The molecule has 2 aromatic rings. The van der Waals surface area contributed by atoms with Gasteiger partial charge in [-0.1, -0.05) is 6.07 Å². The van der Waals surface area contributed by atoms with E-state index in [0.717, 1.165) is 15.4 Å². The minimum absolute atomic E-state index is 0.110. The van der Waals surface area contributed by atoms with Crippen molar-refractivity contribution < 1.29 is 21.6 Å². The molecule has 1 amide bonds. The van der Waals surface area contributed by atoms with Crippen LogP contribution in [-0.4, -0.2) is 76.5 Å². The summed E-state index contributed by atoms with van der Waals surface area (Å²) >= 11 is 0. The van der Waals surface area contributed by atoms with Crippen LogP contribution in [0.2, 0.25) is 0 Å². The van der Waals surface area contributed by atoms with Gasteiger partial charge >= 0.3 is 0 Å². The molecule has 1 fully saturated rings. The third-order valence-corrected chi connectivity index (χ3v) is 9.25. The fourth-order valence-electron chi connectivity index (χ4n) is 3.32. The predicted molar refractivity (Wildman–Crippen MR) is 118 cm³/mol. The highest BCUT2D eigenvalue weighted by molar-refractivity contribution is 7.89. The highest BCUT2D eigenvalue weighted by Crippen LogP contribution is 2.21. The van der Waals surface area contributed by atoms with Gasteiger partial charge in [-0.05, 0) is 61.4 Å². The van der Waals surface area contributed by atoms with Gasteiger partial charge in [-0.15, -0.1) is 0 Å². The second-order valence-corrected chi connectivity index (χ2v) is 11.8. The highest BCUT2D eigenvalue weighted by Gasteiger charge is 2.30. The monoisotopic (exact) mass is 465 g/mol. The molecule has 1 aliphatic rings. The lowest BCUT2D eigenvalue weighted by Crippen LogP contribution is -2.50. The number of carbonyl (C=O) groups is 1. The number of nitrogens with zero attached hydrogens (tertiary/aromatic N) is 3. The normalized spacial score (nSPS) is 16.0. The van der Waals surface area contributed by atoms with Crippen LogP contribution in [0.25, 0.3) is 0 Å². The van der Waals surface area contributed by atoms with Crippen molar-refractivity contribution in [2.45, 2.75) is 23.6 Å². The molecule has 0 aliphatic carbocycles. The van der Waals surface area contributed by atoms with Crippen molar-refractivity contribution in [1.29, 1.82) is 0 Å². The summed E-state index contributed by atoms with van der Waals surface area (Å²) in [6.07, 6.45) is 0. The van der Waals surface area contributed by atoms with Crippen LogP contribution in [0.15, 0.2) is 52.3 Å². The Kier molecular flexibility index (Phi) is 6.56. The molecule has 0 N–H and O–H groups in total. The molecule has 8 nitrogen and oxygen atoms in total. The van der Waals surface area contributed by atoms with Gasteiger partial charge in [-0.3, -0.25) is 4.79 Å². The summed E-state index contributed by atoms with van der Waals surface area (Å²) in [5.74, 6) is -0.253. The third-order valence-electron chi connectivity index (χ3n) is 5.52. The van der Waals surface area contributed by atoms with Crippen LogP contribution in [-0.2, 0) is 20.0 Å². The highest BCUT2D eigenvalue weighted by atomic mass is 32.2.